The summed E-state index contributed by atoms with van der Waals surface area (Å²) in [5.41, 5.74) is 2.68. The number of carbonyl (C=O) groups excluding carboxylic acids is 1. The van der Waals surface area contributed by atoms with Gasteiger partial charge in [0.15, 0.2) is 5.65 Å². The van der Waals surface area contributed by atoms with Gasteiger partial charge in [0.25, 0.3) is 0 Å². The summed E-state index contributed by atoms with van der Waals surface area (Å²) in [6.07, 6.45) is 3.11. The van der Waals surface area contributed by atoms with Gasteiger partial charge >= 0.3 is 0 Å². The summed E-state index contributed by atoms with van der Waals surface area (Å²) in [6.45, 7) is 1.09. The topological polar surface area (TPSA) is 86.8 Å². The quantitative estimate of drug-likeness (QED) is 0.483. The van der Waals surface area contributed by atoms with Crippen LogP contribution in [0, 0.1) is 11.6 Å². The Morgan fingerprint density at radius 2 is 1.91 bits per heavy atom. The first kappa shape index (κ1) is 21.0. The van der Waals surface area contributed by atoms with Crippen LogP contribution in [0.3, 0.4) is 0 Å². The molecular formula is C24H22F2N6O. The SMILES string of the molecule is O=C(Cc1ccc(F)cc1F)N1CCC(Nc2ncc3c(-c4ccccc4)[nH]nc3n2)CC1. The van der Waals surface area contributed by atoms with Crippen molar-refractivity contribution >= 4 is 22.9 Å². The van der Waals surface area contributed by atoms with Crippen molar-refractivity contribution < 1.29 is 13.6 Å². The number of nitrogens with one attached hydrogen (secondary N) is 2. The summed E-state index contributed by atoms with van der Waals surface area (Å²) in [4.78, 5) is 23.2. The number of aromatic amines is 1. The normalized spacial score (nSPS) is 14.5. The van der Waals surface area contributed by atoms with Gasteiger partial charge in [0.2, 0.25) is 11.9 Å². The third-order valence-corrected chi connectivity index (χ3v) is 5.91. The molecule has 0 bridgehead atoms. The molecule has 9 heteroatoms. The number of aromatic nitrogens is 4. The smallest absolute Gasteiger partial charge is 0.227 e. The van der Waals surface area contributed by atoms with E-state index in [-0.39, 0.29) is 23.9 Å². The van der Waals surface area contributed by atoms with E-state index in [1.807, 2.05) is 30.3 Å². The van der Waals surface area contributed by atoms with Gasteiger partial charge in [-0.1, -0.05) is 36.4 Å². The van der Waals surface area contributed by atoms with E-state index in [4.69, 9.17) is 0 Å². The van der Waals surface area contributed by atoms with Crippen molar-refractivity contribution in [3.05, 3.63) is 71.9 Å². The molecule has 2 aromatic heterocycles. The summed E-state index contributed by atoms with van der Waals surface area (Å²) in [7, 11) is 0. The molecule has 1 aliphatic rings. The molecule has 0 aliphatic carbocycles. The summed E-state index contributed by atoms with van der Waals surface area (Å²) in [5, 5.41) is 11.5. The van der Waals surface area contributed by atoms with Gasteiger partial charge in [0, 0.05) is 37.0 Å². The molecular weight excluding hydrogens is 426 g/mol. The minimum atomic E-state index is -0.693. The second kappa shape index (κ2) is 8.93. The van der Waals surface area contributed by atoms with Crippen LogP contribution in [0.25, 0.3) is 22.3 Å². The van der Waals surface area contributed by atoms with Crippen LogP contribution in [0.1, 0.15) is 18.4 Å². The number of halogens is 2. The summed E-state index contributed by atoms with van der Waals surface area (Å²) < 4.78 is 26.9. The van der Waals surface area contributed by atoms with E-state index in [0.717, 1.165) is 35.6 Å². The van der Waals surface area contributed by atoms with Crippen LogP contribution in [-0.4, -0.2) is 50.1 Å². The number of nitrogens with zero attached hydrogens (tertiary/aromatic N) is 4. The lowest BCUT2D eigenvalue weighted by molar-refractivity contribution is -0.131. The predicted octanol–water partition coefficient (Wildman–Crippen LogP) is 3.94. The number of likely N-dealkylation sites (tertiary alicyclic amines) is 1. The van der Waals surface area contributed by atoms with Crippen LogP contribution in [0.4, 0.5) is 14.7 Å². The number of benzene rings is 2. The average Bonchev–Trinajstić information content (AvgIpc) is 3.25. The monoisotopic (exact) mass is 448 g/mol. The molecule has 1 fully saturated rings. The summed E-state index contributed by atoms with van der Waals surface area (Å²) >= 11 is 0. The van der Waals surface area contributed by atoms with Crippen molar-refractivity contribution in [2.75, 3.05) is 18.4 Å². The van der Waals surface area contributed by atoms with Crippen LogP contribution < -0.4 is 5.32 Å². The Labute approximate surface area is 188 Å². The van der Waals surface area contributed by atoms with Gasteiger partial charge in [0.1, 0.15) is 11.6 Å². The first-order valence-electron chi connectivity index (χ1n) is 10.8. The Hall–Kier alpha value is -3.88. The molecule has 3 heterocycles. The molecule has 0 spiro atoms. The zero-order valence-electron chi connectivity index (χ0n) is 17.8. The zero-order valence-corrected chi connectivity index (χ0v) is 17.8. The Morgan fingerprint density at radius 1 is 1.12 bits per heavy atom. The van der Waals surface area contributed by atoms with Gasteiger partial charge in [-0.3, -0.25) is 9.89 Å². The molecule has 5 rings (SSSR count). The van der Waals surface area contributed by atoms with Crippen LogP contribution >= 0.6 is 0 Å². The summed E-state index contributed by atoms with van der Waals surface area (Å²) in [6, 6.07) is 13.3. The molecule has 0 unspecified atom stereocenters. The maximum atomic E-state index is 13.8. The van der Waals surface area contributed by atoms with Crippen molar-refractivity contribution in [1.29, 1.82) is 0 Å². The molecule has 4 aromatic rings. The first-order valence-corrected chi connectivity index (χ1v) is 10.8. The Balaban J connectivity index is 1.19. The Morgan fingerprint density at radius 3 is 2.67 bits per heavy atom. The van der Waals surface area contributed by atoms with Crippen LogP contribution in [0.5, 0.6) is 0 Å². The standard InChI is InChI=1S/C24H22F2N6O/c25-17-7-6-16(20(26)13-17)12-21(33)32-10-8-18(9-11-32)28-24-27-14-19-22(30-31-23(19)29-24)15-4-2-1-3-5-15/h1-7,13-14,18H,8-12H2,(H2,27,28,29,30,31). The van der Waals surface area contributed by atoms with Gasteiger partial charge in [0.05, 0.1) is 17.5 Å². The minimum Gasteiger partial charge on any atom is -0.351 e. The molecule has 1 amide bonds. The van der Waals surface area contributed by atoms with E-state index in [1.54, 1.807) is 11.1 Å². The van der Waals surface area contributed by atoms with E-state index in [2.05, 4.69) is 25.5 Å². The number of fused-ring (bicyclic) bond motifs is 1. The lowest BCUT2D eigenvalue weighted by Gasteiger charge is -2.32. The highest BCUT2D eigenvalue weighted by molar-refractivity contribution is 5.90. The van der Waals surface area contributed by atoms with Gasteiger partial charge in [-0.15, -0.1) is 0 Å². The number of hydrogen-bond donors (Lipinski definition) is 2. The Bertz CT molecular complexity index is 1280. The molecule has 2 N–H and O–H groups in total. The number of anilines is 1. The fourth-order valence-electron chi connectivity index (χ4n) is 4.09. The average molecular weight is 448 g/mol. The molecule has 0 atom stereocenters. The van der Waals surface area contributed by atoms with E-state index < -0.39 is 11.6 Å². The van der Waals surface area contributed by atoms with Crippen molar-refractivity contribution in [3.8, 4) is 11.3 Å². The number of piperidine rings is 1. The largest absolute Gasteiger partial charge is 0.351 e. The maximum Gasteiger partial charge on any atom is 0.227 e. The van der Waals surface area contributed by atoms with Crippen molar-refractivity contribution in [2.24, 2.45) is 0 Å². The van der Waals surface area contributed by atoms with E-state index in [0.29, 0.717) is 24.7 Å². The highest BCUT2D eigenvalue weighted by Gasteiger charge is 2.24. The zero-order chi connectivity index (χ0) is 22.8. The maximum absolute atomic E-state index is 13.8. The number of hydrogen-bond acceptors (Lipinski definition) is 5. The molecule has 1 saturated heterocycles. The van der Waals surface area contributed by atoms with Crippen molar-refractivity contribution in [1.82, 2.24) is 25.1 Å². The summed E-state index contributed by atoms with van der Waals surface area (Å²) in [5.74, 6) is -1.02. The van der Waals surface area contributed by atoms with Gasteiger partial charge in [-0.2, -0.15) is 10.1 Å². The number of carbonyl (C=O) groups is 1. The van der Waals surface area contributed by atoms with Gasteiger partial charge < -0.3 is 10.2 Å². The van der Waals surface area contributed by atoms with E-state index in [9.17, 15) is 13.6 Å². The highest BCUT2D eigenvalue weighted by atomic mass is 19.1. The molecule has 0 saturated carbocycles. The van der Waals surface area contributed by atoms with E-state index in [1.165, 1.54) is 12.1 Å². The second-order valence-corrected chi connectivity index (χ2v) is 8.11. The fourth-order valence-corrected chi connectivity index (χ4v) is 4.09. The third-order valence-electron chi connectivity index (χ3n) is 5.91. The van der Waals surface area contributed by atoms with Crippen molar-refractivity contribution in [3.63, 3.8) is 0 Å². The Kier molecular flexibility index (Phi) is 5.68. The third kappa shape index (κ3) is 4.52. The molecule has 0 radical (unpaired) electrons. The molecule has 168 valence electrons. The first-order chi connectivity index (χ1) is 16.1. The lowest BCUT2D eigenvalue weighted by Crippen LogP contribution is -2.43. The molecule has 1 aliphatic heterocycles. The number of H-pyrrole nitrogens is 1. The van der Waals surface area contributed by atoms with Crippen molar-refractivity contribution in [2.45, 2.75) is 25.3 Å². The second-order valence-electron chi connectivity index (χ2n) is 8.11. The molecule has 2 aromatic carbocycles. The lowest BCUT2D eigenvalue weighted by atomic mass is 10.0. The fraction of sp³-hybridized carbons (Fsp3) is 0.250. The van der Waals surface area contributed by atoms with Gasteiger partial charge in [-0.05, 0) is 24.5 Å². The van der Waals surface area contributed by atoms with Crippen LogP contribution in [-0.2, 0) is 11.2 Å². The molecule has 7 nitrogen and oxygen atoms in total. The van der Waals surface area contributed by atoms with E-state index >= 15 is 0 Å². The number of amides is 1. The van der Waals surface area contributed by atoms with Crippen LogP contribution in [0.2, 0.25) is 0 Å². The number of rotatable bonds is 5. The van der Waals surface area contributed by atoms with Gasteiger partial charge in [-0.25, -0.2) is 13.8 Å². The molecule has 33 heavy (non-hydrogen) atoms. The predicted molar refractivity (Wildman–Crippen MR) is 120 cm³/mol. The highest BCUT2D eigenvalue weighted by Crippen LogP contribution is 2.25. The minimum absolute atomic E-state index is 0.0765. The van der Waals surface area contributed by atoms with Crippen LogP contribution in [0.15, 0.2) is 54.7 Å².